The standard InChI is InChI=1S/C19H15N3O4/c20-12-6-7-13-14(8-12)18(25)22(17(13)24)15-9-16(23)21(19(15)26)10-11-4-2-1-3-5-11/h1-8,15H,9-10,20H2. The summed E-state index contributed by atoms with van der Waals surface area (Å²) < 4.78 is 0. The Morgan fingerprint density at radius 3 is 2.35 bits per heavy atom. The number of amides is 4. The van der Waals surface area contributed by atoms with Crippen molar-refractivity contribution in [2.45, 2.75) is 19.0 Å². The molecule has 1 atom stereocenters. The maximum absolute atomic E-state index is 12.8. The molecule has 26 heavy (non-hydrogen) atoms. The second-order valence-corrected chi connectivity index (χ2v) is 6.31. The third-order valence-electron chi connectivity index (χ3n) is 4.66. The van der Waals surface area contributed by atoms with Crippen molar-refractivity contribution in [1.29, 1.82) is 0 Å². The van der Waals surface area contributed by atoms with Crippen LogP contribution in [0.2, 0.25) is 0 Å². The van der Waals surface area contributed by atoms with Crippen LogP contribution < -0.4 is 5.73 Å². The molecule has 0 bridgehead atoms. The maximum Gasteiger partial charge on any atom is 0.262 e. The van der Waals surface area contributed by atoms with Crippen molar-refractivity contribution in [2.75, 3.05) is 5.73 Å². The molecule has 4 rings (SSSR count). The largest absolute Gasteiger partial charge is 0.399 e. The Bertz CT molecular complexity index is 955. The Hall–Kier alpha value is -3.48. The van der Waals surface area contributed by atoms with Gasteiger partial charge in [-0.1, -0.05) is 30.3 Å². The lowest BCUT2D eigenvalue weighted by Crippen LogP contribution is -2.45. The minimum Gasteiger partial charge on any atom is -0.399 e. The summed E-state index contributed by atoms with van der Waals surface area (Å²) in [4.78, 5) is 52.3. The number of likely N-dealkylation sites (tertiary alicyclic amines) is 1. The van der Waals surface area contributed by atoms with Crippen molar-refractivity contribution < 1.29 is 19.2 Å². The first kappa shape index (κ1) is 16.0. The highest BCUT2D eigenvalue weighted by Gasteiger charge is 2.49. The molecule has 0 spiro atoms. The van der Waals surface area contributed by atoms with Gasteiger partial charge in [0.25, 0.3) is 17.7 Å². The number of benzene rings is 2. The first-order chi connectivity index (χ1) is 12.5. The van der Waals surface area contributed by atoms with Crippen LogP contribution in [0.25, 0.3) is 0 Å². The molecule has 7 nitrogen and oxygen atoms in total. The van der Waals surface area contributed by atoms with Gasteiger partial charge in [-0.05, 0) is 23.8 Å². The number of carbonyl (C=O) groups is 4. The molecule has 1 saturated heterocycles. The third-order valence-corrected chi connectivity index (χ3v) is 4.66. The number of imide groups is 2. The zero-order valence-electron chi connectivity index (χ0n) is 13.7. The number of rotatable bonds is 3. The number of hydrogen-bond donors (Lipinski definition) is 1. The van der Waals surface area contributed by atoms with Gasteiger partial charge in [-0.15, -0.1) is 0 Å². The van der Waals surface area contributed by atoms with E-state index >= 15 is 0 Å². The van der Waals surface area contributed by atoms with Crippen molar-refractivity contribution >= 4 is 29.3 Å². The number of nitrogen functional groups attached to an aromatic ring is 1. The number of nitrogens with zero attached hydrogens (tertiary/aromatic N) is 2. The van der Waals surface area contributed by atoms with E-state index in [1.165, 1.54) is 18.2 Å². The van der Waals surface area contributed by atoms with Gasteiger partial charge in [0.15, 0.2) is 0 Å². The van der Waals surface area contributed by atoms with E-state index in [4.69, 9.17) is 5.73 Å². The van der Waals surface area contributed by atoms with Crippen molar-refractivity contribution in [3.8, 4) is 0 Å². The SMILES string of the molecule is Nc1ccc2c(c1)C(=O)N(C1CC(=O)N(Cc3ccccc3)C1=O)C2=O. The molecule has 1 unspecified atom stereocenters. The monoisotopic (exact) mass is 349 g/mol. The molecule has 2 aromatic rings. The van der Waals surface area contributed by atoms with Crippen LogP contribution >= 0.6 is 0 Å². The molecular formula is C19H15N3O4. The van der Waals surface area contributed by atoms with E-state index < -0.39 is 29.7 Å². The molecule has 0 radical (unpaired) electrons. The Morgan fingerprint density at radius 2 is 1.62 bits per heavy atom. The summed E-state index contributed by atoms with van der Waals surface area (Å²) in [6.07, 6.45) is -0.202. The molecule has 2 heterocycles. The lowest BCUT2D eigenvalue weighted by Gasteiger charge is -2.20. The second-order valence-electron chi connectivity index (χ2n) is 6.31. The van der Waals surface area contributed by atoms with E-state index in [0.29, 0.717) is 5.69 Å². The summed E-state index contributed by atoms with van der Waals surface area (Å²) in [6, 6.07) is 12.4. The normalized spacial score (nSPS) is 19.5. The van der Waals surface area contributed by atoms with Gasteiger partial charge < -0.3 is 5.73 Å². The predicted octanol–water partition coefficient (Wildman–Crippen LogP) is 1.19. The van der Waals surface area contributed by atoms with Crippen LogP contribution in [0.1, 0.15) is 32.7 Å². The average Bonchev–Trinajstić information content (AvgIpc) is 3.03. The first-order valence-electron chi connectivity index (χ1n) is 8.13. The molecule has 1 fully saturated rings. The Morgan fingerprint density at radius 1 is 0.923 bits per heavy atom. The number of hydrogen-bond acceptors (Lipinski definition) is 5. The number of anilines is 1. The highest BCUT2D eigenvalue weighted by atomic mass is 16.2. The fourth-order valence-electron chi connectivity index (χ4n) is 3.36. The maximum atomic E-state index is 12.8. The molecule has 4 amide bonds. The molecule has 2 N–H and O–H groups in total. The zero-order chi connectivity index (χ0) is 18.4. The van der Waals surface area contributed by atoms with E-state index in [1.54, 1.807) is 12.1 Å². The Balaban J connectivity index is 1.61. The summed E-state index contributed by atoms with van der Waals surface area (Å²) in [5, 5.41) is 0. The van der Waals surface area contributed by atoms with E-state index in [-0.39, 0.29) is 24.1 Å². The quantitative estimate of drug-likeness (QED) is 0.663. The highest BCUT2D eigenvalue weighted by molar-refractivity contribution is 6.24. The average molecular weight is 349 g/mol. The summed E-state index contributed by atoms with van der Waals surface area (Å²) in [5.74, 6) is -2.11. The highest BCUT2D eigenvalue weighted by Crippen LogP contribution is 2.31. The van der Waals surface area contributed by atoms with Crippen LogP contribution in [0.4, 0.5) is 5.69 Å². The van der Waals surface area contributed by atoms with Crippen molar-refractivity contribution in [1.82, 2.24) is 9.80 Å². The molecule has 0 aromatic heterocycles. The van der Waals surface area contributed by atoms with Crippen LogP contribution in [0.3, 0.4) is 0 Å². The van der Waals surface area contributed by atoms with Crippen LogP contribution in [0, 0.1) is 0 Å². The summed E-state index contributed by atoms with van der Waals surface area (Å²) in [6.45, 7) is 0.116. The van der Waals surface area contributed by atoms with E-state index in [0.717, 1.165) is 15.4 Å². The molecular weight excluding hydrogens is 334 g/mol. The van der Waals surface area contributed by atoms with Crippen LogP contribution in [0.15, 0.2) is 48.5 Å². The van der Waals surface area contributed by atoms with Gasteiger partial charge in [-0.2, -0.15) is 0 Å². The molecule has 0 saturated carbocycles. The minimum atomic E-state index is -1.11. The van der Waals surface area contributed by atoms with Crippen LogP contribution in [-0.2, 0) is 16.1 Å². The van der Waals surface area contributed by atoms with Gasteiger partial charge in [0.1, 0.15) is 6.04 Å². The fourth-order valence-corrected chi connectivity index (χ4v) is 3.36. The molecule has 2 aromatic carbocycles. The van der Waals surface area contributed by atoms with Crippen molar-refractivity contribution in [3.05, 3.63) is 65.2 Å². The lowest BCUT2D eigenvalue weighted by molar-refractivity contribution is -0.140. The van der Waals surface area contributed by atoms with Crippen LogP contribution in [0.5, 0.6) is 0 Å². The smallest absolute Gasteiger partial charge is 0.262 e. The molecule has 2 aliphatic rings. The van der Waals surface area contributed by atoms with Gasteiger partial charge in [0, 0.05) is 5.69 Å². The van der Waals surface area contributed by atoms with Crippen LogP contribution in [-0.4, -0.2) is 39.5 Å². The number of fused-ring (bicyclic) bond motifs is 1. The summed E-state index contributed by atoms with van der Waals surface area (Å²) >= 11 is 0. The first-order valence-corrected chi connectivity index (χ1v) is 8.13. The minimum absolute atomic E-state index is 0.116. The Kier molecular flexibility index (Phi) is 3.57. The van der Waals surface area contributed by atoms with E-state index in [9.17, 15) is 19.2 Å². The van der Waals surface area contributed by atoms with Gasteiger partial charge in [0.05, 0.1) is 24.1 Å². The summed E-state index contributed by atoms with van der Waals surface area (Å²) in [5.41, 5.74) is 7.20. The molecule has 2 aliphatic heterocycles. The molecule has 130 valence electrons. The van der Waals surface area contributed by atoms with Crippen molar-refractivity contribution in [2.24, 2.45) is 0 Å². The van der Waals surface area contributed by atoms with E-state index in [2.05, 4.69) is 0 Å². The Labute approximate surface area is 149 Å². The fraction of sp³-hybridized carbons (Fsp3) is 0.158. The lowest BCUT2D eigenvalue weighted by atomic mass is 10.1. The molecule has 0 aliphatic carbocycles. The molecule has 7 heteroatoms. The summed E-state index contributed by atoms with van der Waals surface area (Å²) in [7, 11) is 0. The number of nitrogens with two attached hydrogens (primary N) is 1. The number of carbonyl (C=O) groups excluding carboxylic acids is 4. The van der Waals surface area contributed by atoms with Gasteiger partial charge >= 0.3 is 0 Å². The second kappa shape index (κ2) is 5.80. The zero-order valence-corrected chi connectivity index (χ0v) is 13.7. The topological polar surface area (TPSA) is 101 Å². The van der Waals surface area contributed by atoms with Gasteiger partial charge in [-0.3, -0.25) is 29.0 Å². The van der Waals surface area contributed by atoms with E-state index in [1.807, 2.05) is 18.2 Å². The van der Waals surface area contributed by atoms with Gasteiger partial charge in [0.2, 0.25) is 5.91 Å². The third kappa shape index (κ3) is 2.36. The van der Waals surface area contributed by atoms with Crippen molar-refractivity contribution in [3.63, 3.8) is 0 Å². The van der Waals surface area contributed by atoms with Gasteiger partial charge in [-0.25, -0.2) is 0 Å². The predicted molar refractivity (Wildman–Crippen MR) is 91.8 cm³/mol.